The van der Waals surface area contributed by atoms with E-state index < -0.39 is 48.3 Å². The average molecular weight is 965 g/mol. The third kappa shape index (κ3) is 17.9. The molecule has 372 valence electrons. The molecule has 0 aliphatic carbocycles. The lowest BCUT2D eigenvalue weighted by Gasteiger charge is -2.27. The summed E-state index contributed by atoms with van der Waals surface area (Å²) in [6, 6.07) is 23.0. The van der Waals surface area contributed by atoms with Crippen LogP contribution < -0.4 is 10.2 Å². The normalized spacial score (nSPS) is 13.8. The predicted molar refractivity (Wildman–Crippen MR) is 261 cm³/mol. The lowest BCUT2D eigenvalue weighted by molar-refractivity contribution is -0.871. The Kier molecular flexibility index (Phi) is 21.8. The van der Waals surface area contributed by atoms with Crippen LogP contribution in [0, 0.1) is 20.2 Å². The summed E-state index contributed by atoms with van der Waals surface area (Å²) in [6.45, 7) is 2.64. The summed E-state index contributed by atoms with van der Waals surface area (Å²) in [5, 5.41) is 33.1. The molecule has 1 N–H and O–H groups in total. The molecule has 5 rings (SSSR count). The van der Waals surface area contributed by atoms with Gasteiger partial charge in [0.2, 0.25) is 0 Å². The fraction of sp³-hybridized carbons (Fsp3) is 0.540. The first-order chi connectivity index (χ1) is 32.6. The van der Waals surface area contributed by atoms with E-state index in [0.717, 1.165) is 51.0 Å². The second-order valence-corrected chi connectivity index (χ2v) is 19.6. The lowest BCUT2D eigenvalue weighted by atomic mass is 9.91. The van der Waals surface area contributed by atoms with Crippen LogP contribution in [-0.2, 0) is 44.1 Å². The fourth-order valence-corrected chi connectivity index (χ4v) is 8.64. The largest absolute Gasteiger partial charge is 0.754 e. The van der Waals surface area contributed by atoms with Gasteiger partial charge in [0.05, 0.1) is 50.3 Å². The zero-order chi connectivity index (χ0) is 48.9. The molecule has 0 spiro atoms. The number of esters is 1. The Hall–Kier alpha value is -4.84. The highest BCUT2D eigenvalue weighted by Crippen LogP contribution is 2.39. The van der Waals surface area contributed by atoms with Gasteiger partial charge in [0.1, 0.15) is 24.9 Å². The number of benzene rings is 5. The van der Waals surface area contributed by atoms with Crippen molar-refractivity contribution < 1.29 is 56.9 Å². The summed E-state index contributed by atoms with van der Waals surface area (Å²) in [6.07, 6.45) is 10.6. The van der Waals surface area contributed by atoms with Crippen LogP contribution in [0.5, 0.6) is 0 Å². The first kappa shape index (κ1) is 54.1. The number of likely N-dealkylation sites (N-methyl/N-ethyl adjacent to an activating group) is 1. The first-order valence-corrected chi connectivity index (χ1v) is 25.4. The zero-order valence-electron chi connectivity index (χ0n) is 40.0. The number of nitro groups is 2. The van der Waals surface area contributed by atoms with E-state index in [1.807, 2.05) is 21.1 Å². The highest BCUT2D eigenvalue weighted by Gasteiger charge is 2.23. The molecule has 5 aromatic carbocycles. The minimum absolute atomic E-state index is 0.00204. The number of phosphoric acid groups is 1. The molecule has 17 nitrogen and oxygen atoms in total. The molecule has 0 bridgehead atoms. The van der Waals surface area contributed by atoms with Gasteiger partial charge < -0.3 is 33.4 Å². The molecule has 5 aromatic rings. The van der Waals surface area contributed by atoms with E-state index in [4.69, 9.17) is 23.6 Å². The van der Waals surface area contributed by atoms with E-state index in [1.165, 1.54) is 69.3 Å². The van der Waals surface area contributed by atoms with Crippen LogP contribution in [0.25, 0.3) is 32.3 Å². The van der Waals surface area contributed by atoms with Crippen molar-refractivity contribution in [3.63, 3.8) is 0 Å². The summed E-state index contributed by atoms with van der Waals surface area (Å²) < 4.78 is 41.2. The van der Waals surface area contributed by atoms with Gasteiger partial charge in [-0.15, -0.1) is 0 Å². The maximum atomic E-state index is 13.1. The van der Waals surface area contributed by atoms with E-state index in [2.05, 4.69) is 71.5 Å². The summed E-state index contributed by atoms with van der Waals surface area (Å²) in [4.78, 5) is 51.9. The molecule has 0 aliphatic heterocycles. The number of hydrogen-bond donors (Lipinski definition) is 1. The molecule has 18 heteroatoms. The molecule has 0 aromatic heterocycles. The van der Waals surface area contributed by atoms with Gasteiger partial charge in [-0.05, 0) is 88.9 Å². The minimum atomic E-state index is -4.95. The second kappa shape index (κ2) is 27.4. The van der Waals surface area contributed by atoms with Crippen molar-refractivity contribution in [3.8, 4) is 0 Å². The Labute approximate surface area is 399 Å². The molecule has 0 saturated carbocycles. The number of hydrogen-bond acceptors (Lipinski definition) is 14. The molecule has 68 heavy (non-hydrogen) atoms. The highest BCUT2D eigenvalue weighted by molar-refractivity contribution is 7.45. The van der Waals surface area contributed by atoms with Crippen LogP contribution in [0.3, 0.4) is 0 Å². The van der Waals surface area contributed by atoms with Gasteiger partial charge in [0, 0.05) is 25.6 Å². The number of carbonyl (C=O) groups excluding carboxylic acids is 1. The summed E-state index contributed by atoms with van der Waals surface area (Å²) in [5.41, 5.74) is 0.645. The van der Waals surface area contributed by atoms with Gasteiger partial charge in [0.25, 0.3) is 19.2 Å². The Balaban J connectivity index is 1.15. The van der Waals surface area contributed by atoms with Crippen LogP contribution in [0.4, 0.5) is 17.1 Å². The number of carbonyl (C=O) groups is 1. The SMILES string of the molecule is CCCCCCCCCC(OCCCCc1ccc2ccc3cccc4ccc1c2c34)OCC(COP(=O)([O-])OOCC[N+](C)(C)C)OC(=O)CCCCCNc1ccc([N+](=O)[O-])cc1[N+](=O)[O-]. The standard InChI is InChI=1S/C50H69N4O13P/c1-5-6-7-8-9-10-13-22-48(62-33-16-14-18-38-23-24-41-26-25-39-19-17-20-40-27-29-44(38)50(41)49(39)40)63-36-43(37-65-68(60,61)67-64-34-32-54(2,3)4)66-47(55)21-12-11-15-31-51-45-30-28-42(52(56)57)35-46(45)53(58)59/h17,19-20,23-30,35,43,48,51H,5-16,18,21-22,31-34,36-37H2,1-4H3. The summed E-state index contributed by atoms with van der Waals surface area (Å²) >= 11 is 0. The Bertz CT molecular complexity index is 2400. The maximum Gasteiger partial charge on any atom is 0.306 e. The number of unbranched alkanes of at least 4 members (excludes halogenated alkanes) is 9. The van der Waals surface area contributed by atoms with Gasteiger partial charge in [0.15, 0.2) is 6.29 Å². The van der Waals surface area contributed by atoms with Crippen molar-refractivity contribution in [1.82, 2.24) is 0 Å². The number of non-ortho nitro benzene ring substituents is 1. The van der Waals surface area contributed by atoms with E-state index in [9.17, 15) is 34.5 Å². The molecule has 0 saturated heterocycles. The topological polar surface area (TPSA) is 211 Å². The summed E-state index contributed by atoms with van der Waals surface area (Å²) in [7, 11) is 0.802. The molecule has 3 unspecified atom stereocenters. The van der Waals surface area contributed by atoms with Gasteiger partial charge in [-0.2, -0.15) is 4.67 Å². The Morgan fingerprint density at radius 1 is 0.750 bits per heavy atom. The second-order valence-electron chi connectivity index (χ2n) is 18.3. The number of nitrogens with one attached hydrogen (secondary N) is 1. The average Bonchev–Trinajstić information content (AvgIpc) is 3.30. The highest BCUT2D eigenvalue weighted by atomic mass is 31.2. The van der Waals surface area contributed by atoms with E-state index in [-0.39, 0.29) is 31.0 Å². The molecule has 0 amide bonds. The van der Waals surface area contributed by atoms with Crippen molar-refractivity contribution in [2.24, 2.45) is 0 Å². The van der Waals surface area contributed by atoms with Crippen LogP contribution >= 0.6 is 7.82 Å². The zero-order valence-corrected chi connectivity index (χ0v) is 40.9. The molecular weight excluding hydrogens is 896 g/mol. The van der Waals surface area contributed by atoms with E-state index in [1.54, 1.807) is 0 Å². The molecule has 3 atom stereocenters. The van der Waals surface area contributed by atoms with Crippen LogP contribution in [0.1, 0.15) is 102 Å². The molecular formula is C50H69N4O13P. The number of aryl methyl sites for hydroxylation is 1. The molecule has 0 fully saturated rings. The van der Waals surface area contributed by atoms with Crippen LogP contribution in [0.15, 0.2) is 72.8 Å². The smallest absolute Gasteiger partial charge is 0.306 e. The Morgan fingerprint density at radius 3 is 2.16 bits per heavy atom. The van der Waals surface area contributed by atoms with Crippen molar-refractivity contribution in [2.45, 2.75) is 116 Å². The van der Waals surface area contributed by atoms with Crippen molar-refractivity contribution in [2.75, 3.05) is 66.0 Å². The number of rotatable bonds is 35. The van der Waals surface area contributed by atoms with Crippen LogP contribution in [0.2, 0.25) is 0 Å². The minimum Gasteiger partial charge on any atom is -0.754 e. The molecule has 0 radical (unpaired) electrons. The van der Waals surface area contributed by atoms with Gasteiger partial charge in [-0.25, -0.2) is 4.89 Å². The maximum absolute atomic E-state index is 13.1. The van der Waals surface area contributed by atoms with Gasteiger partial charge >= 0.3 is 5.97 Å². The predicted octanol–water partition coefficient (Wildman–Crippen LogP) is 10.9. The summed E-state index contributed by atoms with van der Waals surface area (Å²) in [5.74, 6) is -0.599. The first-order valence-electron chi connectivity index (χ1n) is 24.0. The number of ether oxygens (including phenoxy) is 3. The van der Waals surface area contributed by atoms with Crippen molar-refractivity contribution >= 4 is 63.2 Å². The van der Waals surface area contributed by atoms with Crippen LogP contribution in [-0.4, -0.2) is 93.4 Å². The number of nitro benzene ring substituents is 2. The van der Waals surface area contributed by atoms with E-state index in [0.29, 0.717) is 49.9 Å². The monoisotopic (exact) mass is 964 g/mol. The van der Waals surface area contributed by atoms with Crippen molar-refractivity contribution in [3.05, 3.63) is 98.6 Å². The fourth-order valence-electron chi connectivity index (χ4n) is 8.04. The van der Waals surface area contributed by atoms with Gasteiger partial charge in [-0.3, -0.25) is 29.6 Å². The van der Waals surface area contributed by atoms with Gasteiger partial charge in [-0.1, -0.05) is 106 Å². The van der Waals surface area contributed by atoms with E-state index >= 15 is 0 Å². The number of nitrogens with zero attached hydrogens (tertiary/aromatic N) is 3. The number of quaternary nitrogens is 1. The third-order valence-corrected chi connectivity index (χ3v) is 12.5. The molecule has 0 heterocycles. The quantitative estimate of drug-likeness (QED) is 0.00461. The molecule has 0 aliphatic rings. The number of anilines is 1. The Morgan fingerprint density at radius 2 is 1.44 bits per heavy atom. The lowest BCUT2D eigenvalue weighted by Crippen LogP contribution is -2.37. The number of phosphoric ester groups is 1. The van der Waals surface area contributed by atoms with Crippen molar-refractivity contribution in [1.29, 1.82) is 0 Å². The third-order valence-electron chi connectivity index (χ3n) is 11.7.